The van der Waals surface area contributed by atoms with E-state index >= 15 is 0 Å². The standard InChI is InChI=1S/C20H33NO/c1-14(2)18-4-3-6-21(7-5-18)19(22)20-11-15-8-16(12-20)10-17(9-15)13-20/h14-18H,3-13H2,1-2H3. The van der Waals surface area contributed by atoms with Crippen LogP contribution in [0.3, 0.4) is 0 Å². The number of carbonyl (C=O) groups is 1. The number of rotatable bonds is 2. The molecule has 4 bridgehead atoms. The van der Waals surface area contributed by atoms with Crippen molar-refractivity contribution in [1.29, 1.82) is 0 Å². The normalized spacial score (nSPS) is 44.4. The molecular weight excluding hydrogens is 270 g/mol. The third kappa shape index (κ3) is 2.51. The lowest BCUT2D eigenvalue weighted by Gasteiger charge is -2.56. The monoisotopic (exact) mass is 303 g/mol. The van der Waals surface area contributed by atoms with Crippen molar-refractivity contribution in [3.8, 4) is 0 Å². The summed E-state index contributed by atoms with van der Waals surface area (Å²) in [6.07, 6.45) is 11.7. The largest absolute Gasteiger partial charge is 0.342 e. The number of amides is 1. The lowest BCUT2D eigenvalue weighted by Crippen LogP contribution is -2.54. The van der Waals surface area contributed by atoms with Gasteiger partial charge in [0.15, 0.2) is 0 Å². The van der Waals surface area contributed by atoms with Crippen molar-refractivity contribution >= 4 is 5.91 Å². The second-order valence-corrected chi connectivity index (χ2v) is 9.43. The smallest absolute Gasteiger partial charge is 0.228 e. The van der Waals surface area contributed by atoms with Gasteiger partial charge in [0.25, 0.3) is 0 Å². The summed E-state index contributed by atoms with van der Waals surface area (Å²) >= 11 is 0. The zero-order valence-electron chi connectivity index (χ0n) is 14.5. The van der Waals surface area contributed by atoms with E-state index < -0.39 is 0 Å². The topological polar surface area (TPSA) is 20.3 Å². The number of likely N-dealkylation sites (tertiary alicyclic amines) is 1. The van der Waals surface area contributed by atoms with Crippen molar-refractivity contribution in [2.24, 2.45) is 35.0 Å². The molecule has 5 aliphatic rings. The molecule has 5 fully saturated rings. The molecule has 1 amide bonds. The summed E-state index contributed by atoms with van der Waals surface area (Å²) < 4.78 is 0. The Morgan fingerprint density at radius 1 is 0.955 bits per heavy atom. The molecule has 2 heteroatoms. The molecule has 4 saturated carbocycles. The highest BCUT2D eigenvalue weighted by Gasteiger charge is 2.55. The van der Waals surface area contributed by atoms with Crippen molar-refractivity contribution in [3.05, 3.63) is 0 Å². The Labute approximate surface area is 136 Å². The zero-order chi connectivity index (χ0) is 15.3. The van der Waals surface area contributed by atoms with Crippen molar-refractivity contribution in [1.82, 2.24) is 4.90 Å². The Kier molecular flexibility index (Phi) is 3.77. The second-order valence-electron chi connectivity index (χ2n) is 9.43. The van der Waals surface area contributed by atoms with Gasteiger partial charge in [-0.25, -0.2) is 0 Å². The first kappa shape index (κ1) is 15.0. The highest BCUT2D eigenvalue weighted by Crippen LogP contribution is 2.60. The van der Waals surface area contributed by atoms with Gasteiger partial charge in [0.2, 0.25) is 5.91 Å². The third-order valence-electron chi connectivity index (χ3n) is 7.49. The number of hydrogen-bond acceptors (Lipinski definition) is 1. The van der Waals surface area contributed by atoms with Gasteiger partial charge >= 0.3 is 0 Å². The molecule has 0 radical (unpaired) electrons. The Balaban J connectivity index is 1.47. The molecule has 124 valence electrons. The Morgan fingerprint density at radius 3 is 2.09 bits per heavy atom. The minimum Gasteiger partial charge on any atom is -0.342 e. The van der Waals surface area contributed by atoms with Crippen LogP contribution in [0.5, 0.6) is 0 Å². The van der Waals surface area contributed by atoms with E-state index in [1.54, 1.807) is 0 Å². The zero-order valence-corrected chi connectivity index (χ0v) is 14.5. The van der Waals surface area contributed by atoms with E-state index in [1.165, 1.54) is 57.8 Å². The molecule has 4 aliphatic carbocycles. The lowest BCUT2D eigenvalue weighted by atomic mass is 9.49. The summed E-state index contributed by atoms with van der Waals surface area (Å²) in [6.45, 7) is 6.76. The highest BCUT2D eigenvalue weighted by molar-refractivity contribution is 5.83. The third-order valence-corrected chi connectivity index (χ3v) is 7.49. The SMILES string of the molecule is CC(C)C1CCCN(C(=O)C23CC4CC(CC(C4)C2)C3)CC1. The summed E-state index contributed by atoms with van der Waals surface area (Å²) in [5.41, 5.74) is 0.0758. The van der Waals surface area contributed by atoms with Gasteiger partial charge in [0.1, 0.15) is 0 Å². The predicted molar refractivity (Wildman–Crippen MR) is 89.4 cm³/mol. The minimum absolute atomic E-state index is 0.0758. The van der Waals surface area contributed by atoms with Crippen LogP contribution in [-0.4, -0.2) is 23.9 Å². The lowest BCUT2D eigenvalue weighted by molar-refractivity contribution is -0.157. The first-order valence-corrected chi connectivity index (χ1v) is 9.85. The summed E-state index contributed by atoms with van der Waals surface area (Å²) in [5, 5.41) is 0. The molecule has 0 aromatic carbocycles. The molecule has 1 saturated heterocycles. The number of hydrogen-bond donors (Lipinski definition) is 0. The fraction of sp³-hybridized carbons (Fsp3) is 0.950. The maximum atomic E-state index is 13.4. The quantitative estimate of drug-likeness (QED) is 0.736. The molecule has 0 aromatic heterocycles. The molecule has 0 N–H and O–H groups in total. The van der Waals surface area contributed by atoms with E-state index in [2.05, 4.69) is 18.7 Å². The van der Waals surface area contributed by atoms with E-state index in [9.17, 15) is 4.79 Å². The molecule has 0 spiro atoms. The first-order valence-electron chi connectivity index (χ1n) is 9.85. The molecule has 1 unspecified atom stereocenters. The summed E-state index contributed by atoms with van der Waals surface area (Å²) in [5.74, 6) is 4.81. The highest BCUT2D eigenvalue weighted by atomic mass is 16.2. The van der Waals surface area contributed by atoms with Crippen molar-refractivity contribution in [2.45, 2.75) is 71.6 Å². The van der Waals surface area contributed by atoms with Gasteiger partial charge in [-0.3, -0.25) is 4.79 Å². The fourth-order valence-electron chi connectivity index (χ4n) is 6.70. The Morgan fingerprint density at radius 2 is 1.55 bits per heavy atom. The Bertz CT molecular complexity index is 406. The first-order chi connectivity index (χ1) is 10.6. The molecule has 1 heterocycles. The molecule has 1 aliphatic heterocycles. The van der Waals surface area contributed by atoms with E-state index in [4.69, 9.17) is 0 Å². The van der Waals surface area contributed by atoms with Gasteiger partial charge < -0.3 is 4.90 Å². The molecule has 1 atom stereocenters. The van der Waals surface area contributed by atoms with Crippen molar-refractivity contribution in [3.63, 3.8) is 0 Å². The number of nitrogens with zero attached hydrogens (tertiary/aromatic N) is 1. The van der Waals surface area contributed by atoms with E-state index in [0.717, 1.165) is 42.7 Å². The summed E-state index contributed by atoms with van der Waals surface area (Å²) in [6, 6.07) is 0. The van der Waals surface area contributed by atoms with Crippen LogP contribution in [0.4, 0.5) is 0 Å². The van der Waals surface area contributed by atoms with E-state index in [-0.39, 0.29) is 5.41 Å². The van der Waals surface area contributed by atoms with Gasteiger partial charge in [0, 0.05) is 13.1 Å². The molecular formula is C20H33NO. The van der Waals surface area contributed by atoms with Crippen LogP contribution >= 0.6 is 0 Å². The van der Waals surface area contributed by atoms with Gasteiger partial charge in [0.05, 0.1) is 5.41 Å². The average molecular weight is 303 g/mol. The molecule has 22 heavy (non-hydrogen) atoms. The average Bonchev–Trinajstić information content (AvgIpc) is 2.71. The maximum absolute atomic E-state index is 13.4. The molecule has 0 aromatic rings. The van der Waals surface area contributed by atoms with Crippen LogP contribution in [0.15, 0.2) is 0 Å². The molecule has 5 rings (SSSR count). The predicted octanol–water partition coefficient (Wildman–Crippen LogP) is 4.49. The van der Waals surface area contributed by atoms with Crippen molar-refractivity contribution in [2.75, 3.05) is 13.1 Å². The van der Waals surface area contributed by atoms with Crippen molar-refractivity contribution < 1.29 is 4.79 Å². The summed E-state index contributed by atoms with van der Waals surface area (Å²) in [7, 11) is 0. The van der Waals surface area contributed by atoms with E-state index in [1.807, 2.05) is 0 Å². The van der Waals surface area contributed by atoms with Crippen LogP contribution in [0, 0.1) is 35.0 Å². The van der Waals surface area contributed by atoms with Gasteiger partial charge in [-0.2, -0.15) is 0 Å². The van der Waals surface area contributed by atoms with Crippen LogP contribution in [0.25, 0.3) is 0 Å². The maximum Gasteiger partial charge on any atom is 0.228 e. The molecule has 2 nitrogen and oxygen atoms in total. The fourth-order valence-corrected chi connectivity index (χ4v) is 6.70. The number of carbonyl (C=O) groups excluding carboxylic acids is 1. The van der Waals surface area contributed by atoms with E-state index in [0.29, 0.717) is 5.91 Å². The minimum atomic E-state index is 0.0758. The van der Waals surface area contributed by atoms with Crippen LogP contribution in [0.2, 0.25) is 0 Å². The Hall–Kier alpha value is -0.530. The van der Waals surface area contributed by atoms with Gasteiger partial charge in [-0.1, -0.05) is 13.8 Å². The second kappa shape index (κ2) is 5.53. The van der Waals surface area contributed by atoms with Gasteiger partial charge in [-0.15, -0.1) is 0 Å². The van der Waals surface area contributed by atoms with Crippen LogP contribution in [0.1, 0.15) is 71.6 Å². The van der Waals surface area contributed by atoms with Gasteiger partial charge in [-0.05, 0) is 87.4 Å². The summed E-state index contributed by atoms with van der Waals surface area (Å²) in [4.78, 5) is 15.7. The van der Waals surface area contributed by atoms with Crippen LogP contribution in [-0.2, 0) is 4.79 Å². The van der Waals surface area contributed by atoms with Crippen LogP contribution < -0.4 is 0 Å².